The number of nitrogens with one attached hydrogen (secondary N) is 2. The number of ether oxygens (including phenoxy) is 1. The van der Waals surface area contributed by atoms with Gasteiger partial charge in [0, 0.05) is 92.7 Å². The van der Waals surface area contributed by atoms with Gasteiger partial charge in [0.2, 0.25) is 11.8 Å². The molecule has 1 atom stereocenters. The number of benzene rings is 3. The van der Waals surface area contributed by atoms with Crippen LogP contribution in [0.5, 0.6) is 5.75 Å². The number of imide groups is 1. The second-order valence-electron chi connectivity index (χ2n) is 15.4. The molecule has 3 aliphatic heterocycles. The van der Waals surface area contributed by atoms with Crippen molar-refractivity contribution in [2.75, 3.05) is 45.7 Å². The van der Waals surface area contributed by atoms with Gasteiger partial charge in [0.05, 0.1) is 12.7 Å². The minimum absolute atomic E-state index is 0.0270. The van der Waals surface area contributed by atoms with Crippen LogP contribution in [0.1, 0.15) is 61.1 Å². The fourth-order valence-corrected chi connectivity index (χ4v) is 8.77. The van der Waals surface area contributed by atoms with Gasteiger partial charge in [-0.25, -0.2) is 9.18 Å². The van der Waals surface area contributed by atoms with Gasteiger partial charge in [-0.2, -0.15) is 13.2 Å². The smallest absolute Gasteiger partial charge is 0.416 e. The van der Waals surface area contributed by atoms with Gasteiger partial charge in [0.15, 0.2) is 0 Å². The summed E-state index contributed by atoms with van der Waals surface area (Å²) in [5.74, 6) is -1.28. The largest absolute Gasteiger partial charge is 0.496 e. The fraction of sp³-hybridized carbons (Fsp3) is 0.429. The Morgan fingerprint density at radius 2 is 1.69 bits per heavy atom. The van der Waals surface area contributed by atoms with E-state index in [4.69, 9.17) is 16.3 Å². The zero-order valence-corrected chi connectivity index (χ0v) is 33.2. The minimum Gasteiger partial charge on any atom is -0.496 e. The normalized spacial score (nSPS) is 18.7. The zero-order valence-electron chi connectivity index (χ0n) is 32.4. The van der Waals surface area contributed by atoms with Crippen molar-refractivity contribution in [3.8, 4) is 16.9 Å². The third-order valence-electron chi connectivity index (χ3n) is 11.8. The van der Waals surface area contributed by atoms with E-state index in [-0.39, 0.29) is 41.7 Å². The monoisotopic (exact) mass is 824 g/mol. The van der Waals surface area contributed by atoms with Crippen molar-refractivity contribution in [1.82, 2.24) is 24.6 Å². The summed E-state index contributed by atoms with van der Waals surface area (Å²) >= 11 is 6.89. The Hall–Kier alpha value is -5.15. The number of fused-ring (bicyclic) bond motifs is 1. The SMILES string of the molecule is COc1cc(-c2cn(C)c(=O)c3ccc(F)cc23)cc(Cl)c1CN1CCC(N(C)C(=O)N2CCC(c3ccc(NC4CCC(=O)NC4=O)cc3C(F)(F)F)CC2)CC1. The number of carbonyl (C=O) groups is 3. The second kappa shape index (κ2) is 16.6. The van der Waals surface area contributed by atoms with E-state index < -0.39 is 41.3 Å². The molecule has 0 spiro atoms. The van der Waals surface area contributed by atoms with E-state index >= 15 is 0 Å². The molecule has 4 heterocycles. The summed E-state index contributed by atoms with van der Waals surface area (Å²) in [6.45, 7) is 2.50. The highest BCUT2D eigenvalue weighted by Gasteiger charge is 2.38. The third-order valence-corrected chi connectivity index (χ3v) is 12.1. The molecule has 4 aromatic rings. The van der Waals surface area contributed by atoms with Crippen LogP contribution in [0.3, 0.4) is 0 Å². The first kappa shape index (κ1) is 41.0. The Morgan fingerprint density at radius 1 is 0.966 bits per heavy atom. The first-order valence-electron chi connectivity index (χ1n) is 19.3. The minimum atomic E-state index is -4.62. The maximum Gasteiger partial charge on any atom is 0.416 e. The summed E-state index contributed by atoms with van der Waals surface area (Å²) in [7, 11) is 4.98. The van der Waals surface area contributed by atoms with Crippen molar-refractivity contribution < 1.29 is 36.7 Å². The number of piperidine rings is 3. The first-order chi connectivity index (χ1) is 27.6. The Labute approximate surface area is 337 Å². The van der Waals surface area contributed by atoms with Crippen LogP contribution in [-0.2, 0) is 29.4 Å². The predicted molar refractivity (Wildman–Crippen MR) is 212 cm³/mol. The number of likely N-dealkylation sites (tertiary alicyclic amines) is 2. The molecule has 308 valence electrons. The molecule has 16 heteroatoms. The summed E-state index contributed by atoms with van der Waals surface area (Å²) in [6.07, 6.45) is -0.504. The second-order valence-corrected chi connectivity index (χ2v) is 15.8. The number of hydrogen-bond donors (Lipinski definition) is 2. The van der Waals surface area contributed by atoms with Gasteiger partial charge in [-0.05, 0) is 97.0 Å². The number of anilines is 1. The molecular formula is C42H45ClF4N6O5. The molecule has 11 nitrogen and oxygen atoms in total. The van der Waals surface area contributed by atoms with Crippen LogP contribution in [0, 0.1) is 5.82 Å². The molecular weight excluding hydrogens is 780 g/mol. The van der Waals surface area contributed by atoms with E-state index in [1.807, 2.05) is 6.07 Å². The molecule has 1 aromatic heterocycles. The lowest BCUT2D eigenvalue weighted by atomic mass is 9.86. The maximum atomic E-state index is 14.3. The number of pyridine rings is 1. The molecule has 4 amide bonds. The number of amides is 4. The Morgan fingerprint density at radius 3 is 2.36 bits per heavy atom. The lowest BCUT2D eigenvalue weighted by Gasteiger charge is -2.41. The summed E-state index contributed by atoms with van der Waals surface area (Å²) in [4.78, 5) is 55.8. The maximum absolute atomic E-state index is 14.3. The molecule has 7 rings (SSSR count). The van der Waals surface area contributed by atoms with Crippen LogP contribution in [0.4, 0.5) is 28.0 Å². The number of methoxy groups -OCH3 is 1. The van der Waals surface area contributed by atoms with Crippen LogP contribution in [-0.4, -0.2) is 89.5 Å². The molecule has 58 heavy (non-hydrogen) atoms. The first-order valence-corrected chi connectivity index (χ1v) is 19.7. The number of alkyl halides is 3. The molecule has 0 aliphatic carbocycles. The molecule has 3 aromatic carbocycles. The number of carbonyl (C=O) groups excluding carboxylic acids is 3. The van der Waals surface area contributed by atoms with Crippen LogP contribution < -0.4 is 20.9 Å². The van der Waals surface area contributed by atoms with E-state index in [9.17, 15) is 36.7 Å². The molecule has 0 radical (unpaired) electrons. The van der Waals surface area contributed by atoms with Crippen molar-refractivity contribution in [3.63, 3.8) is 0 Å². The van der Waals surface area contributed by atoms with Crippen molar-refractivity contribution in [1.29, 1.82) is 0 Å². The van der Waals surface area contributed by atoms with E-state index in [0.717, 1.165) is 11.6 Å². The lowest BCUT2D eigenvalue weighted by molar-refractivity contribution is -0.138. The van der Waals surface area contributed by atoms with Gasteiger partial charge in [-0.1, -0.05) is 17.7 Å². The molecule has 1 unspecified atom stereocenters. The molecule has 2 N–H and O–H groups in total. The highest BCUT2D eigenvalue weighted by Crippen LogP contribution is 2.41. The predicted octanol–water partition coefficient (Wildman–Crippen LogP) is 7.14. The number of aryl methyl sites for hydroxylation is 1. The van der Waals surface area contributed by atoms with Gasteiger partial charge >= 0.3 is 12.2 Å². The highest BCUT2D eigenvalue weighted by molar-refractivity contribution is 6.32. The summed E-state index contributed by atoms with van der Waals surface area (Å²) in [6, 6.07) is 10.7. The summed E-state index contributed by atoms with van der Waals surface area (Å²) in [5, 5.41) is 6.38. The van der Waals surface area contributed by atoms with Gasteiger partial charge < -0.3 is 24.4 Å². The third kappa shape index (κ3) is 8.51. The number of rotatable bonds is 8. The average Bonchev–Trinajstić information content (AvgIpc) is 3.20. The molecule has 3 aliphatic rings. The Balaban J connectivity index is 0.954. The molecule has 0 bridgehead atoms. The summed E-state index contributed by atoms with van der Waals surface area (Å²) < 4.78 is 64.5. The van der Waals surface area contributed by atoms with Crippen LogP contribution in [0.25, 0.3) is 21.9 Å². The molecule has 3 saturated heterocycles. The van der Waals surface area contributed by atoms with Crippen LogP contribution in [0.15, 0.2) is 59.5 Å². The Kier molecular flexibility index (Phi) is 11.7. The van der Waals surface area contributed by atoms with Crippen molar-refractivity contribution >= 4 is 45.9 Å². The quantitative estimate of drug-likeness (QED) is 0.144. The fourth-order valence-electron chi connectivity index (χ4n) is 8.50. The molecule has 3 fully saturated rings. The van der Waals surface area contributed by atoms with Crippen molar-refractivity contribution in [2.24, 2.45) is 7.05 Å². The van der Waals surface area contributed by atoms with Gasteiger partial charge in [-0.15, -0.1) is 0 Å². The standard InChI is InChI=1S/C42H45ClF4N6O5/c1-50-22-32(31-20-26(44)4-6-30(31)40(50)56)25-18-35(43)33(37(19-25)58-3)23-52-14-12-28(13-15-52)51(2)41(57)53-16-10-24(11-17-53)29-7-5-27(21-34(29)42(45,46)47)48-36-8-9-38(54)49-39(36)55/h4-7,18-22,24,28,36,48H,8-17,23H2,1-3H3,(H,49,54,55). The number of halogens is 5. The van der Waals surface area contributed by atoms with Crippen molar-refractivity contribution in [2.45, 2.75) is 69.2 Å². The van der Waals surface area contributed by atoms with E-state index in [1.165, 1.54) is 34.9 Å². The number of urea groups is 1. The Bertz CT molecular complexity index is 2300. The number of nitrogens with zero attached hydrogens (tertiary/aromatic N) is 4. The topological polar surface area (TPSA) is 116 Å². The number of hydrogen-bond acceptors (Lipinski definition) is 7. The van der Waals surface area contributed by atoms with E-state index in [2.05, 4.69) is 15.5 Å². The van der Waals surface area contributed by atoms with Gasteiger partial charge in [0.1, 0.15) is 17.6 Å². The van der Waals surface area contributed by atoms with Crippen molar-refractivity contribution in [3.05, 3.63) is 92.6 Å². The van der Waals surface area contributed by atoms with E-state index in [1.54, 1.807) is 43.3 Å². The van der Waals surface area contributed by atoms with Gasteiger partial charge in [0.25, 0.3) is 5.56 Å². The van der Waals surface area contributed by atoms with Crippen LogP contribution >= 0.6 is 11.6 Å². The average molecular weight is 825 g/mol. The van der Waals surface area contributed by atoms with Gasteiger partial charge in [-0.3, -0.25) is 24.6 Å². The number of aromatic nitrogens is 1. The van der Waals surface area contributed by atoms with E-state index in [0.29, 0.717) is 91.1 Å². The highest BCUT2D eigenvalue weighted by atomic mass is 35.5. The zero-order chi connectivity index (χ0) is 41.5. The molecule has 0 saturated carbocycles. The van der Waals surface area contributed by atoms with Crippen LogP contribution in [0.2, 0.25) is 5.02 Å². The summed E-state index contributed by atoms with van der Waals surface area (Å²) in [5.41, 5.74) is 1.41. The lowest BCUT2D eigenvalue weighted by Crippen LogP contribution is -2.51.